The van der Waals surface area contributed by atoms with Crippen molar-refractivity contribution in [1.29, 1.82) is 0 Å². The molecule has 0 aliphatic carbocycles. The van der Waals surface area contributed by atoms with Crippen molar-refractivity contribution in [1.82, 2.24) is 0 Å². The predicted octanol–water partition coefficient (Wildman–Crippen LogP) is 5.96. The fraction of sp³-hybridized carbons (Fsp3) is 0.147. The summed E-state index contributed by atoms with van der Waals surface area (Å²) >= 11 is 6.10. The summed E-state index contributed by atoms with van der Waals surface area (Å²) in [7, 11) is 1.56. The van der Waals surface area contributed by atoms with E-state index in [-0.39, 0.29) is 11.7 Å². The molecule has 4 atom stereocenters. The number of carbonyl (C=O) groups is 3. The summed E-state index contributed by atoms with van der Waals surface area (Å²) in [6, 6.07) is 27.1. The van der Waals surface area contributed by atoms with Crippen molar-refractivity contribution in [2.45, 2.75) is 17.5 Å². The van der Waals surface area contributed by atoms with E-state index in [9.17, 15) is 14.4 Å². The molecular formula is C34H26ClN3O4. The number of hydrogen-bond acceptors (Lipinski definition) is 5. The number of nitrogens with zero attached hydrogens (tertiary/aromatic N) is 1. The highest BCUT2D eigenvalue weighted by molar-refractivity contribution is 6.30. The van der Waals surface area contributed by atoms with Crippen LogP contribution in [0.4, 0.5) is 17.1 Å². The first kappa shape index (κ1) is 26.0. The number of hydrogen-bond donors (Lipinski definition) is 2. The van der Waals surface area contributed by atoms with Crippen LogP contribution in [-0.4, -0.2) is 36.8 Å². The van der Waals surface area contributed by atoms with Gasteiger partial charge in [-0.15, -0.1) is 0 Å². The van der Waals surface area contributed by atoms with E-state index in [0.717, 1.165) is 11.3 Å². The standard InChI is InChI=1S/C34H26ClN3O4/c1-42-24-17-10-21(11-18-24)31(39)29-30(32(40)36-23-15-13-22(35)14-16-23)38-27-9-5-2-6-20(27)12-19-28(38)34(29)25-7-3-4-8-26(25)37-33(34)41/h2-19,28-30H,1H3,(H,36,40)(H,37,41)/t28-,29-,30+,34+/m1/s1. The lowest BCUT2D eigenvalue weighted by molar-refractivity contribution is -0.122. The van der Waals surface area contributed by atoms with Gasteiger partial charge in [-0.3, -0.25) is 14.4 Å². The van der Waals surface area contributed by atoms with Crippen molar-refractivity contribution < 1.29 is 19.1 Å². The minimum absolute atomic E-state index is 0.305. The smallest absolute Gasteiger partial charge is 0.247 e. The Bertz CT molecular complexity index is 1770. The Hall–Kier alpha value is -4.88. The van der Waals surface area contributed by atoms with Gasteiger partial charge in [-0.1, -0.05) is 60.2 Å². The molecule has 8 heteroatoms. The molecular weight excluding hydrogens is 550 g/mol. The summed E-state index contributed by atoms with van der Waals surface area (Å²) < 4.78 is 5.32. The maximum absolute atomic E-state index is 14.8. The van der Waals surface area contributed by atoms with Crippen molar-refractivity contribution in [2.24, 2.45) is 5.92 Å². The molecule has 208 valence electrons. The Morgan fingerprint density at radius 1 is 0.929 bits per heavy atom. The van der Waals surface area contributed by atoms with E-state index in [4.69, 9.17) is 16.3 Å². The van der Waals surface area contributed by atoms with Crippen LogP contribution in [0.1, 0.15) is 21.5 Å². The van der Waals surface area contributed by atoms with E-state index in [1.165, 1.54) is 0 Å². The minimum atomic E-state index is -1.38. The van der Waals surface area contributed by atoms with Crippen molar-refractivity contribution in [2.75, 3.05) is 22.6 Å². The summed E-state index contributed by atoms with van der Waals surface area (Å²) in [4.78, 5) is 45.5. The molecule has 1 spiro atoms. The molecule has 7 nitrogen and oxygen atoms in total. The number of ketones is 1. The second-order valence-electron chi connectivity index (χ2n) is 10.7. The minimum Gasteiger partial charge on any atom is -0.497 e. The maximum atomic E-state index is 14.8. The third-order valence-electron chi connectivity index (χ3n) is 8.58. The number of benzene rings is 4. The highest BCUT2D eigenvalue weighted by Crippen LogP contribution is 2.57. The molecule has 2 amide bonds. The number of anilines is 3. The molecule has 3 heterocycles. The quantitative estimate of drug-likeness (QED) is 0.287. The van der Waals surface area contributed by atoms with E-state index in [0.29, 0.717) is 33.3 Å². The lowest BCUT2D eigenvalue weighted by Gasteiger charge is -2.37. The zero-order chi connectivity index (χ0) is 29.0. The molecule has 0 unspecified atom stereocenters. The summed E-state index contributed by atoms with van der Waals surface area (Å²) in [6.07, 6.45) is 3.93. The average Bonchev–Trinajstić information content (AvgIpc) is 3.50. The monoisotopic (exact) mass is 575 g/mol. The highest BCUT2D eigenvalue weighted by atomic mass is 35.5. The van der Waals surface area contributed by atoms with Gasteiger partial charge in [0.2, 0.25) is 11.8 Å². The SMILES string of the molecule is COc1ccc(C(=O)[C@H]2[C@@H](C(=O)Nc3ccc(Cl)cc3)N3c4ccccc4C=C[C@@H]3[C@]23C(=O)Nc2ccccc23)cc1. The first-order valence-corrected chi connectivity index (χ1v) is 14.0. The Kier molecular flexibility index (Phi) is 6.13. The van der Waals surface area contributed by atoms with Gasteiger partial charge in [0.15, 0.2) is 5.78 Å². The van der Waals surface area contributed by atoms with Crippen LogP contribution in [0.15, 0.2) is 103 Å². The van der Waals surface area contributed by atoms with Crippen LogP contribution in [0.5, 0.6) is 5.75 Å². The lowest BCUT2D eigenvalue weighted by Crippen LogP contribution is -2.51. The number of ether oxygens (including phenoxy) is 1. The second kappa shape index (κ2) is 9.89. The third kappa shape index (κ3) is 3.77. The normalized spacial score (nSPS) is 23.1. The number of Topliss-reactive ketones (excluding diaryl/α,β-unsaturated/α-hetero) is 1. The Labute approximate surface area is 247 Å². The van der Waals surface area contributed by atoms with Crippen molar-refractivity contribution in [3.8, 4) is 5.75 Å². The summed E-state index contributed by atoms with van der Waals surface area (Å²) in [5.74, 6) is -1.48. The number of methoxy groups -OCH3 is 1. The van der Waals surface area contributed by atoms with Gasteiger partial charge in [-0.05, 0) is 71.8 Å². The highest BCUT2D eigenvalue weighted by Gasteiger charge is 2.70. The number of carbonyl (C=O) groups excluding carboxylic acids is 3. The van der Waals surface area contributed by atoms with Gasteiger partial charge in [0.1, 0.15) is 17.2 Å². The molecule has 0 bridgehead atoms. The molecule has 1 fully saturated rings. The van der Waals surface area contributed by atoms with Crippen LogP contribution in [0.2, 0.25) is 5.02 Å². The van der Waals surface area contributed by atoms with E-state index >= 15 is 0 Å². The zero-order valence-corrected chi connectivity index (χ0v) is 23.3. The lowest BCUT2D eigenvalue weighted by atomic mass is 9.64. The zero-order valence-electron chi connectivity index (χ0n) is 22.6. The average molecular weight is 576 g/mol. The number of fused-ring (bicyclic) bond motifs is 6. The predicted molar refractivity (Wildman–Crippen MR) is 163 cm³/mol. The first-order chi connectivity index (χ1) is 20.4. The molecule has 42 heavy (non-hydrogen) atoms. The van der Waals surface area contributed by atoms with Gasteiger partial charge >= 0.3 is 0 Å². The number of amides is 2. The van der Waals surface area contributed by atoms with Gasteiger partial charge in [-0.2, -0.15) is 0 Å². The topological polar surface area (TPSA) is 87.7 Å². The van der Waals surface area contributed by atoms with Crippen LogP contribution in [0, 0.1) is 5.92 Å². The van der Waals surface area contributed by atoms with E-state index < -0.39 is 29.3 Å². The van der Waals surface area contributed by atoms with Crippen molar-refractivity contribution in [3.05, 3.63) is 125 Å². The van der Waals surface area contributed by atoms with Crippen molar-refractivity contribution in [3.63, 3.8) is 0 Å². The molecule has 0 radical (unpaired) electrons. The number of para-hydroxylation sites is 2. The van der Waals surface area contributed by atoms with Crippen LogP contribution in [-0.2, 0) is 15.0 Å². The third-order valence-corrected chi connectivity index (χ3v) is 8.83. The van der Waals surface area contributed by atoms with Gasteiger partial charge in [0.25, 0.3) is 0 Å². The summed E-state index contributed by atoms with van der Waals surface area (Å²) in [6.45, 7) is 0. The van der Waals surface area contributed by atoms with Gasteiger partial charge in [0.05, 0.1) is 19.1 Å². The maximum Gasteiger partial charge on any atom is 0.247 e. The fourth-order valence-corrected chi connectivity index (χ4v) is 6.93. The fourth-order valence-electron chi connectivity index (χ4n) is 6.80. The Morgan fingerprint density at radius 2 is 1.64 bits per heavy atom. The molecule has 3 aliphatic heterocycles. The van der Waals surface area contributed by atoms with Crippen LogP contribution in [0.3, 0.4) is 0 Å². The molecule has 4 aromatic rings. The van der Waals surface area contributed by atoms with Crippen LogP contribution >= 0.6 is 11.6 Å². The number of nitrogens with one attached hydrogen (secondary N) is 2. The summed E-state index contributed by atoms with van der Waals surface area (Å²) in [5, 5.41) is 6.58. The summed E-state index contributed by atoms with van der Waals surface area (Å²) in [5.41, 5.74) is 2.57. The molecule has 3 aliphatic rings. The first-order valence-electron chi connectivity index (χ1n) is 13.6. The van der Waals surface area contributed by atoms with E-state index in [1.807, 2.05) is 65.6 Å². The number of rotatable bonds is 5. The Morgan fingerprint density at radius 3 is 2.40 bits per heavy atom. The number of halogens is 1. The van der Waals surface area contributed by atoms with E-state index in [1.54, 1.807) is 55.6 Å². The van der Waals surface area contributed by atoms with Crippen molar-refractivity contribution >= 4 is 52.3 Å². The molecule has 7 rings (SSSR count). The molecule has 2 N–H and O–H groups in total. The second-order valence-corrected chi connectivity index (χ2v) is 11.1. The molecule has 0 saturated carbocycles. The van der Waals surface area contributed by atoms with Gasteiger partial charge < -0.3 is 20.3 Å². The van der Waals surface area contributed by atoms with E-state index in [2.05, 4.69) is 10.6 Å². The molecule has 0 aromatic heterocycles. The van der Waals surface area contributed by atoms with Crippen LogP contribution in [0.25, 0.3) is 6.08 Å². The van der Waals surface area contributed by atoms with Gasteiger partial charge in [0, 0.05) is 27.6 Å². The van der Waals surface area contributed by atoms with Gasteiger partial charge in [-0.25, -0.2) is 0 Å². The largest absolute Gasteiger partial charge is 0.497 e. The molecule has 1 saturated heterocycles. The Balaban J connectivity index is 1.47. The molecule has 4 aromatic carbocycles. The van der Waals surface area contributed by atoms with Crippen LogP contribution < -0.4 is 20.3 Å².